The summed E-state index contributed by atoms with van der Waals surface area (Å²) >= 11 is 0. The monoisotopic (exact) mass is 726 g/mol. The van der Waals surface area contributed by atoms with Gasteiger partial charge in [0.2, 0.25) is 5.95 Å². The van der Waals surface area contributed by atoms with Crippen LogP contribution in [0.4, 0.5) is 0 Å². The molecule has 0 aliphatic carbocycles. The van der Waals surface area contributed by atoms with Crippen LogP contribution in [0.2, 0.25) is 0 Å². The summed E-state index contributed by atoms with van der Waals surface area (Å²) in [6, 6.07) is 65.0. The summed E-state index contributed by atoms with van der Waals surface area (Å²) in [6.45, 7) is 0. The Kier molecular flexibility index (Phi) is 6.10. The van der Waals surface area contributed by atoms with Gasteiger partial charge < -0.3 is 9.30 Å². The average molecular weight is 727 g/mol. The lowest BCUT2D eigenvalue weighted by Gasteiger charge is -2.21. The van der Waals surface area contributed by atoms with E-state index in [-0.39, 0.29) is 0 Å². The number of rotatable bonds is 3. The second-order valence-electron chi connectivity index (χ2n) is 15.0. The van der Waals surface area contributed by atoms with Crippen molar-refractivity contribution in [2.75, 3.05) is 0 Å². The SMILES string of the molecule is c1ccc(-n2c3ccccc3c3c4ccc(-c5ccc6c(c5)c5ccccc5n6-c5nc6c7c(cccc7n5)Oc5cc7ccccc7cc5-6)cc4ccc32)cc1. The Morgan fingerprint density at radius 1 is 0.386 bits per heavy atom. The molecule has 264 valence electrons. The molecule has 13 rings (SSSR count). The summed E-state index contributed by atoms with van der Waals surface area (Å²) in [5.41, 5.74) is 10.8. The minimum absolute atomic E-state index is 0.638. The van der Waals surface area contributed by atoms with Crippen molar-refractivity contribution in [3.8, 4) is 45.5 Å². The molecule has 5 heteroatoms. The van der Waals surface area contributed by atoms with Crippen LogP contribution in [0.15, 0.2) is 182 Å². The summed E-state index contributed by atoms with van der Waals surface area (Å²) in [4.78, 5) is 10.6. The number of aromatic nitrogens is 4. The van der Waals surface area contributed by atoms with Gasteiger partial charge in [0.15, 0.2) is 0 Å². The lowest BCUT2D eigenvalue weighted by Crippen LogP contribution is -2.06. The molecule has 0 amide bonds. The van der Waals surface area contributed by atoms with E-state index in [0.29, 0.717) is 5.95 Å². The topological polar surface area (TPSA) is 44.9 Å². The molecule has 0 bridgehead atoms. The molecule has 0 radical (unpaired) electrons. The van der Waals surface area contributed by atoms with Gasteiger partial charge in [-0.3, -0.25) is 4.57 Å². The van der Waals surface area contributed by atoms with Gasteiger partial charge in [-0.05, 0) is 105 Å². The highest BCUT2D eigenvalue weighted by atomic mass is 16.5. The van der Waals surface area contributed by atoms with E-state index in [0.717, 1.165) is 77.5 Å². The smallest absolute Gasteiger partial charge is 0.235 e. The second-order valence-corrected chi connectivity index (χ2v) is 15.0. The fourth-order valence-electron chi connectivity index (χ4n) is 9.33. The van der Waals surface area contributed by atoms with Gasteiger partial charge in [0.05, 0.1) is 38.7 Å². The molecule has 3 aromatic heterocycles. The number of nitrogens with zero attached hydrogens (tertiary/aromatic N) is 4. The third-order valence-electron chi connectivity index (χ3n) is 11.9. The van der Waals surface area contributed by atoms with Crippen LogP contribution in [0, 0.1) is 0 Å². The third-order valence-corrected chi connectivity index (χ3v) is 11.9. The van der Waals surface area contributed by atoms with Crippen LogP contribution in [0.1, 0.15) is 0 Å². The maximum Gasteiger partial charge on any atom is 0.235 e. The van der Waals surface area contributed by atoms with Crippen LogP contribution in [-0.2, 0) is 0 Å². The van der Waals surface area contributed by atoms with Crippen molar-refractivity contribution >= 4 is 76.1 Å². The fraction of sp³-hybridized carbons (Fsp3) is 0. The second kappa shape index (κ2) is 11.4. The highest BCUT2D eigenvalue weighted by Gasteiger charge is 2.25. The van der Waals surface area contributed by atoms with E-state index in [1.807, 2.05) is 12.1 Å². The van der Waals surface area contributed by atoms with Crippen LogP contribution in [0.5, 0.6) is 11.5 Å². The molecule has 0 saturated heterocycles. The van der Waals surface area contributed by atoms with E-state index in [1.54, 1.807) is 0 Å². The van der Waals surface area contributed by atoms with Crippen LogP contribution < -0.4 is 4.74 Å². The van der Waals surface area contributed by atoms with Gasteiger partial charge in [-0.2, -0.15) is 0 Å². The molecular weight excluding hydrogens is 697 g/mol. The minimum Gasteiger partial charge on any atom is -0.456 e. The Hall–Kier alpha value is -7.76. The van der Waals surface area contributed by atoms with Gasteiger partial charge in [0.25, 0.3) is 0 Å². The fourth-order valence-corrected chi connectivity index (χ4v) is 9.33. The maximum atomic E-state index is 6.48. The van der Waals surface area contributed by atoms with Crippen molar-refractivity contribution in [1.29, 1.82) is 0 Å². The molecule has 12 aromatic rings. The quantitative estimate of drug-likeness (QED) is 0.182. The molecule has 1 aliphatic rings. The predicted molar refractivity (Wildman–Crippen MR) is 234 cm³/mol. The average Bonchev–Trinajstić information content (AvgIpc) is 3.79. The molecular formula is C52H30N4O. The first kappa shape index (κ1) is 30.6. The molecule has 0 N–H and O–H groups in total. The van der Waals surface area contributed by atoms with Gasteiger partial charge in [-0.15, -0.1) is 0 Å². The van der Waals surface area contributed by atoms with E-state index >= 15 is 0 Å². The third kappa shape index (κ3) is 4.34. The zero-order valence-electron chi connectivity index (χ0n) is 30.5. The molecule has 0 fully saturated rings. The van der Waals surface area contributed by atoms with Crippen LogP contribution in [0.3, 0.4) is 0 Å². The van der Waals surface area contributed by atoms with Crippen LogP contribution in [0.25, 0.3) is 110 Å². The van der Waals surface area contributed by atoms with Gasteiger partial charge in [0, 0.05) is 32.8 Å². The molecule has 9 aromatic carbocycles. The number of para-hydroxylation sites is 3. The van der Waals surface area contributed by atoms with E-state index in [4.69, 9.17) is 14.7 Å². The first-order valence-electron chi connectivity index (χ1n) is 19.3. The number of hydrogen-bond acceptors (Lipinski definition) is 3. The van der Waals surface area contributed by atoms with E-state index in [9.17, 15) is 0 Å². The summed E-state index contributed by atoms with van der Waals surface area (Å²) in [6.07, 6.45) is 0. The number of hydrogen-bond donors (Lipinski definition) is 0. The van der Waals surface area contributed by atoms with Crippen molar-refractivity contribution < 1.29 is 4.74 Å². The number of benzene rings is 9. The van der Waals surface area contributed by atoms with Gasteiger partial charge in [0.1, 0.15) is 11.5 Å². The predicted octanol–water partition coefficient (Wildman–Crippen LogP) is 13.6. The Bertz CT molecular complexity index is 3670. The highest BCUT2D eigenvalue weighted by molar-refractivity contribution is 6.22. The zero-order chi connectivity index (χ0) is 37.2. The number of fused-ring (bicyclic) bond motifs is 11. The minimum atomic E-state index is 0.638. The van der Waals surface area contributed by atoms with Gasteiger partial charge >= 0.3 is 0 Å². The molecule has 0 spiro atoms. The van der Waals surface area contributed by atoms with Crippen molar-refractivity contribution in [2.24, 2.45) is 0 Å². The molecule has 57 heavy (non-hydrogen) atoms. The Balaban J connectivity index is 0.989. The molecule has 1 aliphatic heterocycles. The van der Waals surface area contributed by atoms with E-state index in [1.165, 1.54) is 38.1 Å². The van der Waals surface area contributed by atoms with Crippen molar-refractivity contribution in [2.45, 2.75) is 0 Å². The van der Waals surface area contributed by atoms with E-state index < -0.39 is 0 Å². The molecule has 4 heterocycles. The maximum absolute atomic E-state index is 6.48. The molecule has 0 saturated carbocycles. The first-order valence-corrected chi connectivity index (χ1v) is 19.3. The summed E-state index contributed by atoms with van der Waals surface area (Å²) < 4.78 is 11.1. The van der Waals surface area contributed by atoms with Gasteiger partial charge in [-0.25, -0.2) is 9.97 Å². The Morgan fingerprint density at radius 3 is 1.96 bits per heavy atom. The van der Waals surface area contributed by atoms with Crippen LogP contribution in [-0.4, -0.2) is 19.1 Å². The first-order chi connectivity index (χ1) is 28.2. The number of ether oxygens (including phenoxy) is 1. The normalized spacial score (nSPS) is 12.4. The molecule has 0 unspecified atom stereocenters. The lowest BCUT2D eigenvalue weighted by molar-refractivity contribution is 0.487. The zero-order valence-corrected chi connectivity index (χ0v) is 30.5. The lowest BCUT2D eigenvalue weighted by atomic mass is 9.97. The molecule has 5 nitrogen and oxygen atoms in total. The van der Waals surface area contributed by atoms with E-state index in [2.05, 4.69) is 179 Å². The highest BCUT2D eigenvalue weighted by Crippen LogP contribution is 2.47. The van der Waals surface area contributed by atoms with Gasteiger partial charge in [-0.1, -0.05) is 109 Å². The Morgan fingerprint density at radius 2 is 1.09 bits per heavy atom. The summed E-state index contributed by atoms with van der Waals surface area (Å²) in [5, 5.41) is 10.5. The van der Waals surface area contributed by atoms with Crippen LogP contribution >= 0.6 is 0 Å². The summed E-state index contributed by atoms with van der Waals surface area (Å²) in [5.74, 6) is 2.23. The largest absolute Gasteiger partial charge is 0.456 e. The Labute approximate surface area is 326 Å². The van der Waals surface area contributed by atoms with Crippen molar-refractivity contribution in [1.82, 2.24) is 19.1 Å². The van der Waals surface area contributed by atoms with Crippen molar-refractivity contribution in [3.05, 3.63) is 182 Å². The standard InChI is InChI=1S/C52H30N4O/c1-2-13-36(14-3-1)55-44-19-9-7-16-39(44)49-37-24-21-33(27-35(37)23-26-46(49)55)34-22-25-45-40(28-34)38-15-6-8-18-43(38)56(45)52-53-42-17-10-20-47-50(42)51(54-52)41-29-31-11-4-5-12-32(31)30-48(41)57-47/h1-30H. The molecule has 0 atom stereocenters. The van der Waals surface area contributed by atoms with Crippen molar-refractivity contribution in [3.63, 3.8) is 0 Å². The summed E-state index contributed by atoms with van der Waals surface area (Å²) in [7, 11) is 0.